The normalized spacial score (nSPS) is 10.5. The van der Waals surface area contributed by atoms with Crippen molar-refractivity contribution in [3.8, 4) is 23.0 Å². The highest BCUT2D eigenvalue weighted by Crippen LogP contribution is 2.22. The molecule has 0 atom stereocenters. The first-order chi connectivity index (χ1) is 13.7. The van der Waals surface area contributed by atoms with Gasteiger partial charge >= 0.3 is 5.97 Å². The molecular weight excluding hydrogens is 358 g/mol. The second-order valence-corrected chi connectivity index (χ2v) is 6.09. The number of aromatic nitrogens is 1. The van der Waals surface area contributed by atoms with Crippen LogP contribution in [-0.2, 0) is 4.74 Å². The number of carbonyl (C=O) groups is 1. The largest absolute Gasteiger partial charge is 0.494 e. The number of nitrogens with zero attached hydrogens (tertiary/aromatic N) is 1. The minimum atomic E-state index is -0.532. The van der Waals surface area contributed by atoms with Crippen LogP contribution in [-0.4, -0.2) is 30.8 Å². The predicted molar refractivity (Wildman–Crippen MR) is 105 cm³/mol. The third kappa shape index (κ3) is 5.13. The molecule has 3 aromatic rings. The van der Waals surface area contributed by atoms with Gasteiger partial charge in [0.25, 0.3) is 0 Å². The maximum Gasteiger partial charge on any atom is 0.360 e. The van der Waals surface area contributed by atoms with Crippen molar-refractivity contribution in [2.45, 2.75) is 20.3 Å². The van der Waals surface area contributed by atoms with Crippen LogP contribution in [0.15, 0.2) is 59.0 Å². The van der Waals surface area contributed by atoms with Crippen LogP contribution in [0.2, 0.25) is 0 Å². The summed E-state index contributed by atoms with van der Waals surface area (Å²) in [5, 5.41) is 0. The molecule has 0 saturated heterocycles. The summed E-state index contributed by atoms with van der Waals surface area (Å²) in [5.74, 6) is 1.77. The number of esters is 1. The SMILES string of the molecule is CCCOc1ccc(OCCOC(=O)c2nc(-c3ccccc3)oc2C)cc1. The van der Waals surface area contributed by atoms with Crippen molar-refractivity contribution in [2.24, 2.45) is 0 Å². The molecule has 1 heterocycles. The lowest BCUT2D eigenvalue weighted by molar-refractivity contribution is 0.0442. The van der Waals surface area contributed by atoms with Crippen molar-refractivity contribution in [1.82, 2.24) is 4.98 Å². The van der Waals surface area contributed by atoms with E-state index in [0.29, 0.717) is 24.0 Å². The molecule has 1 aromatic heterocycles. The molecule has 3 rings (SSSR count). The highest BCUT2D eigenvalue weighted by atomic mass is 16.6. The highest BCUT2D eigenvalue weighted by molar-refractivity contribution is 5.88. The first kappa shape index (κ1) is 19.5. The van der Waals surface area contributed by atoms with Gasteiger partial charge in [-0.05, 0) is 49.7 Å². The maximum atomic E-state index is 12.2. The van der Waals surface area contributed by atoms with Crippen LogP contribution in [0.1, 0.15) is 29.6 Å². The fraction of sp³-hybridized carbons (Fsp3) is 0.273. The molecule has 0 radical (unpaired) electrons. The molecule has 0 aliphatic carbocycles. The molecule has 0 amide bonds. The molecule has 0 aliphatic rings. The summed E-state index contributed by atoms with van der Waals surface area (Å²) < 4.78 is 21.9. The maximum absolute atomic E-state index is 12.2. The lowest BCUT2D eigenvalue weighted by Gasteiger charge is -2.08. The lowest BCUT2D eigenvalue weighted by Crippen LogP contribution is -2.13. The molecule has 28 heavy (non-hydrogen) atoms. The minimum absolute atomic E-state index is 0.111. The molecule has 0 fully saturated rings. The predicted octanol–water partition coefficient (Wildman–Crippen LogP) is 4.67. The number of benzene rings is 2. The Balaban J connectivity index is 1.48. The Hall–Kier alpha value is -3.28. The van der Waals surface area contributed by atoms with Gasteiger partial charge in [0.2, 0.25) is 5.89 Å². The molecule has 0 N–H and O–H groups in total. The molecular formula is C22H23NO5. The van der Waals surface area contributed by atoms with Crippen LogP contribution in [0.3, 0.4) is 0 Å². The number of hydrogen-bond acceptors (Lipinski definition) is 6. The first-order valence-electron chi connectivity index (χ1n) is 9.23. The Morgan fingerprint density at radius 3 is 2.21 bits per heavy atom. The van der Waals surface area contributed by atoms with Gasteiger partial charge in [-0.25, -0.2) is 9.78 Å². The highest BCUT2D eigenvalue weighted by Gasteiger charge is 2.19. The van der Waals surface area contributed by atoms with E-state index in [2.05, 4.69) is 11.9 Å². The van der Waals surface area contributed by atoms with Gasteiger partial charge < -0.3 is 18.6 Å². The summed E-state index contributed by atoms with van der Waals surface area (Å²) in [6, 6.07) is 16.7. The molecule has 146 valence electrons. The van der Waals surface area contributed by atoms with Crippen molar-refractivity contribution < 1.29 is 23.4 Å². The second kappa shape index (κ2) is 9.60. The standard InChI is InChI=1S/C22H23NO5/c1-3-13-25-18-9-11-19(12-10-18)26-14-15-27-22(24)20-16(2)28-21(23-20)17-7-5-4-6-8-17/h4-12H,3,13-15H2,1-2H3. The fourth-order valence-corrected chi connectivity index (χ4v) is 2.50. The van der Waals surface area contributed by atoms with E-state index in [1.807, 2.05) is 54.6 Å². The molecule has 0 saturated carbocycles. The van der Waals surface area contributed by atoms with E-state index >= 15 is 0 Å². The van der Waals surface area contributed by atoms with E-state index in [9.17, 15) is 4.79 Å². The summed E-state index contributed by atoms with van der Waals surface area (Å²) in [4.78, 5) is 16.5. The van der Waals surface area contributed by atoms with Crippen LogP contribution >= 0.6 is 0 Å². The smallest absolute Gasteiger partial charge is 0.360 e. The lowest BCUT2D eigenvalue weighted by atomic mass is 10.2. The molecule has 0 spiro atoms. The summed E-state index contributed by atoms with van der Waals surface area (Å²) in [5.41, 5.74) is 0.982. The van der Waals surface area contributed by atoms with E-state index in [0.717, 1.165) is 17.7 Å². The van der Waals surface area contributed by atoms with Crippen LogP contribution in [0, 0.1) is 6.92 Å². The number of ether oxygens (including phenoxy) is 3. The number of aryl methyl sites for hydroxylation is 1. The van der Waals surface area contributed by atoms with Crippen LogP contribution in [0.25, 0.3) is 11.5 Å². The summed E-state index contributed by atoms with van der Waals surface area (Å²) in [6.07, 6.45) is 0.960. The molecule has 2 aromatic carbocycles. The number of rotatable bonds is 9. The van der Waals surface area contributed by atoms with Crippen molar-refractivity contribution in [1.29, 1.82) is 0 Å². The van der Waals surface area contributed by atoms with Gasteiger partial charge in [0.15, 0.2) is 5.69 Å². The monoisotopic (exact) mass is 381 g/mol. The average molecular weight is 381 g/mol. The van der Waals surface area contributed by atoms with Crippen molar-refractivity contribution in [3.05, 3.63) is 66.1 Å². The van der Waals surface area contributed by atoms with Crippen molar-refractivity contribution >= 4 is 5.97 Å². The number of oxazole rings is 1. The molecule has 6 heteroatoms. The Morgan fingerprint density at radius 1 is 0.929 bits per heavy atom. The van der Waals surface area contributed by atoms with Crippen molar-refractivity contribution in [3.63, 3.8) is 0 Å². The zero-order chi connectivity index (χ0) is 19.8. The van der Waals surface area contributed by atoms with Crippen LogP contribution < -0.4 is 9.47 Å². The molecule has 0 bridgehead atoms. The quantitative estimate of drug-likeness (QED) is 0.396. The molecule has 0 unspecified atom stereocenters. The van der Waals surface area contributed by atoms with Gasteiger partial charge in [0, 0.05) is 5.56 Å². The zero-order valence-corrected chi connectivity index (χ0v) is 16.0. The van der Waals surface area contributed by atoms with Crippen LogP contribution in [0.5, 0.6) is 11.5 Å². The van der Waals surface area contributed by atoms with Gasteiger partial charge in [-0.2, -0.15) is 0 Å². The molecule has 6 nitrogen and oxygen atoms in total. The Kier molecular flexibility index (Phi) is 6.68. The van der Waals surface area contributed by atoms with Gasteiger partial charge in [-0.15, -0.1) is 0 Å². The van der Waals surface area contributed by atoms with E-state index in [4.69, 9.17) is 18.6 Å². The third-order valence-electron chi connectivity index (χ3n) is 3.89. The van der Waals surface area contributed by atoms with E-state index in [-0.39, 0.29) is 18.9 Å². The fourth-order valence-electron chi connectivity index (χ4n) is 2.50. The second-order valence-electron chi connectivity index (χ2n) is 6.09. The van der Waals surface area contributed by atoms with Gasteiger partial charge in [-0.1, -0.05) is 25.1 Å². The summed E-state index contributed by atoms with van der Waals surface area (Å²) >= 11 is 0. The number of hydrogen-bond donors (Lipinski definition) is 0. The van der Waals surface area contributed by atoms with Gasteiger partial charge in [0.05, 0.1) is 6.61 Å². The third-order valence-corrected chi connectivity index (χ3v) is 3.89. The topological polar surface area (TPSA) is 70.8 Å². The Labute approximate surface area is 164 Å². The zero-order valence-electron chi connectivity index (χ0n) is 16.0. The van der Waals surface area contributed by atoms with Gasteiger partial charge in [-0.3, -0.25) is 0 Å². The van der Waals surface area contributed by atoms with E-state index in [1.54, 1.807) is 6.92 Å². The average Bonchev–Trinajstić information content (AvgIpc) is 3.13. The number of carbonyl (C=O) groups excluding carboxylic acids is 1. The van der Waals surface area contributed by atoms with E-state index < -0.39 is 5.97 Å². The van der Waals surface area contributed by atoms with E-state index in [1.165, 1.54) is 0 Å². The van der Waals surface area contributed by atoms with Gasteiger partial charge in [0.1, 0.15) is 30.5 Å². The Morgan fingerprint density at radius 2 is 1.57 bits per heavy atom. The van der Waals surface area contributed by atoms with Crippen molar-refractivity contribution in [2.75, 3.05) is 19.8 Å². The minimum Gasteiger partial charge on any atom is -0.494 e. The van der Waals surface area contributed by atoms with Crippen LogP contribution in [0.4, 0.5) is 0 Å². The summed E-state index contributed by atoms with van der Waals surface area (Å²) in [6.45, 7) is 4.78. The first-order valence-corrected chi connectivity index (χ1v) is 9.23. The summed E-state index contributed by atoms with van der Waals surface area (Å²) in [7, 11) is 0. The molecule has 0 aliphatic heterocycles. The Bertz CT molecular complexity index is 887.